The van der Waals surface area contributed by atoms with Gasteiger partial charge in [0.05, 0.1) is 12.2 Å². The van der Waals surface area contributed by atoms with Gasteiger partial charge in [-0.15, -0.1) is 5.10 Å². The molecule has 0 aliphatic carbocycles. The first-order valence-corrected chi connectivity index (χ1v) is 4.56. The summed E-state index contributed by atoms with van der Waals surface area (Å²) in [6, 6.07) is 0. The lowest BCUT2D eigenvalue weighted by molar-refractivity contribution is 0.0689. The molecule has 1 aromatic heterocycles. The fraction of sp³-hybridized carbons (Fsp3) is 0.625. The van der Waals surface area contributed by atoms with Crippen LogP contribution >= 0.6 is 0 Å². The molecule has 0 aromatic carbocycles. The Morgan fingerprint density at radius 1 is 1.64 bits per heavy atom. The van der Waals surface area contributed by atoms with Gasteiger partial charge in [-0.2, -0.15) is 0 Å². The Hall–Kier alpha value is -1.43. The Labute approximate surface area is 81.7 Å². The molecule has 14 heavy (non-hydrogen) atoms. The minimum absolute atomic E-state index is 0.0419. The second-order valence-electron chi connectivity index (χ2n) is 2.95. The van der Waals surface area contributed by atoms with Gasteiger partial charge < -0.3 is 10.8 Å². The van der Waals surface area contributed by atoms with Gasteiger partial charge in [0.2, 0.25) is 0 Å². The first-order valence-electron chi connectivity index (χ1n) is 4.56. The molecule has 0 unspecified atom stereocenters. The number of aromatic carboxylic acids is 1. The fourth-order valence-corrected chi connectivity index (χ4v) is 1.29. The van der Waals surface area contributed by atoms with Gasteiger partial charge in [0, 0.05) is 6.54 Å². The number of carbonyl (C=O) groups is 1. The average Bonchev–Trinajstić information content (AvgIpc) is 2.50. The molecule has 1 rings (SSSR count). The number of nitrogens with zero attached hydrogens (tertiary/aromatic N) is 3. The number of rotatable bonds is 5. The summed E-state index contributed by atoms with van der Waals surface area (Å²) < 4.78 is 1.56. The van der Waals surface area contributed by atoms with E-state index in [9.17, 15) is 4.79 Å². The highest BCUT2D eigenvalue weighted by Gasteiger charge is 2.17. The molecule has 0 radical (unpaired) electrons. The van der Waals surface area contributed by atoms with Gasteiger partial charge in [-0.05, 0) is 6.42 Å². The molecule has 1 aromatic rings. The van der Waals surface area contributed by atoms with Crippen molar-refractivity contribution in [2.75, 3.05) is 6.54 Å². The number of carboxylic acids is 1. The van der Waals surface area contributed by atoms with Crippen molar-refractivity contribution in [3.05, 3.63) is 11.4 Å². The average molecular weight is 198 g/mol. The summed E-state index contributed by atoms with van der Waals surface area (Å²) in [5.41, 5.74) is 6.07. The fourth-order valence-electron chi connectivity index (χ4n) is 1.29. The summed E-state index contributed by atoms with van der Waals surface area (Å²) in [5, 5.41) is 16.2. The Morgan fingerprint density at radius 2 is 2.36 bits per heavy atom. The van der Waals surface area contributed by atoms with Crippen molar-refractivity contribution in [3.8, 4) is 0 Å². The third kappa shape index (κ3) is 2.08. The van der Waals surface area contributed by atoms with Crippen LogP contribution in [0.25, 0.3) is 0 Å². The molecular formula is C8H14N4O2. The summed E-state index contributed by atoms with van der Waals surface area (Å²) >= 11 is 0. The predicted molar refractivity (Wildman–Crippen MR) is 50.0 cm³/mol. The number of hydrogen-bond donors (Lipinski definition) is 2. The van der Waals surface area contributed by atoms with Crippen LogP contribution in [0.5, 0.6) is 0 Å². The van der Waals surface area contributed by atoms with Gasteiger partial charge in [-0.1, -0.05) is 18.6 Å². The number of hydrogen-bond acceptors (Lipinski definition) is 4. The second kappa shape index (κ2) is 4.71. The van der Waals surface area contributed by atoms with Crippen LogP contribution in [0.1, 0.15) is 29.5 Å². The number of aromatic nitrogens is 3. The number of nitrogens with two attached hydrogens (primary N) is 1. The summed E-state index contributed by atoms with van der Waals surface area (Å²) in [5.74, 6) is -1.03. The van der Waals surface area contributed by atoms with Crippen LogP contribution in [-0.2, 0) is 13.0 Å². The Morgan fingerprint density at radius 3 is 2.86 bits per heavy atom. The molecule has 0 atom stereocenters. The molecule has 1 heterocycles. The van der Waals surface area contributed by atoms with E-state index in [2.05, 4.69) is 10.3 Å². The van der Waals surface area contributed by atoms with Crippen molar-refractivity contribution in [3.63, 3.8) is 0 Å². The second-order valence-corrected chi connectivity index (χ2v) is 2.95. The molecule has 6 heteroatoms. The van der Waals surface area contributed by atoms with Crippen molar-refractivity contribution >= 4 is 5.97 Å². The third-order valence-electron chi connectivity index (χ3n) is 1.87. The van der Waals surface area contributed by atoms with E-state index in [1.807, 2.05) is 6.92 Å². The lowest BCUT2D eigenvalue weighted by Crippen LogP contribution is -2.14. The van der Waals surface area contributed by atoms with Crippen LogP contribution in [-0.4, -0.2) is 32.6 Å². The van der Waals surface area contributed by atoms with Gasteiger partial charge in [-0.25, -0.2) is 9.48 Å². The monoisotopic (exact) mass is 198 g/mol. The quantitative estimate of drug-likeness (QED) is 0.688. The zero-order valence-corrected chi connectivity index (χ0v) is 8.10. The molecule has 0 saturated carbocycles. The maximum Gasteiger partial charge on any atom is 0.358 e. The normalized spacial score (nSPS) is 10.4. The highest BCUT2D eigenvalue weighted by atomic mass is 16.4. The molecule has 0 spiro atoms. The van der Waals surface area contributed by atoms with Crippen molar-refractivity contribution in [1.29, 1.82) is 0 Å². The molecule has 0 fully saturated rings. The topological polar surface area (TPSA) is 94.0 Å². The standard InChI is InChI=1S/C8H14N4O2/c1-2-3-6-7(8(13)14)10-11-12(6)5-4-9/h2-5,9H2,1H3,(H,13,14). The Bertz CT molecular complexity index is 321. The number of carboxylic acid groups (broad SMARTS) is 1. The van der Waals surface area contributed by atoms with Crippen LogP contribution in [0.15, 0.2) is 0 Å². The third-order valence-corrected chi connectivity index (χ3v) is 1.87. The molecule has 0 amide bonds. The lowest BCUT2D eigenvalue weighted by atomic mass is 10.2. The summed E-state index contributed by atoms with van der Waals surface area (Å²) in [4.78, 5) is 10.8. The SMILES string of the molecule is CCCc1c(C(=O)O)nnn1CCN. The van der Waals surface area contributed by atoms with Crippen molar-refractivity contribution in [2.45, 2.75) is 26.3 Å². The highest BCUT2D eigenvalue weighted by molar-refractivity contribution is 5.86. The molecular weight excluding hydrogens is 184 g/mol. The molecule has 78 valence electrons. The zero-order valence-electron chi connectivity index (χ0n) is 8.10. The van der Waals surface area contributed by atoms with E-state index in [0.29, 0.717) is 25.2 Å². The van der Waals surface area contributed by atoms with Crippen LogP contribution in [0.4, 0.5) is 0 Å². The van der Waals surface area contributed by atoms with E-state index >= 15 is 0 Å². The van der Waals surface area contributed by atoms with Crippen LogP contribution in [0.3, 0.4) is 0 Å². The van der Waals surface area contributed by atoms with Crippen molar-refractivity contribution in [1.82, 2.24) is 15.0 Å². The summed E-state index contributed by atoms with van der Waals surface area (Å²) in [6.45, 7) is 2.92. The van der Waals surface area contributed by atoms with E-state index in [1.165, 1.54) is 0 Å². The molecule has 0 saturated heterocycles. The summed E-state index contributed by atoms with van der Waals surface area (Å²) in [7, 11) is 0. The van der Waals surface area contributed by atoms with Gasteiger partial charge >= 0.3 is 5.97 Å². The molecule has 0 aliphatic rings. The first kappa shape index (κ1) is 10.6. The molecule has 6 nitrogen and oxygen atoms in total. The molecule has 3 N–H and O–H groups in total. The maximum absolute atomic E-state index is 10.8. The van der Waals surface area contributed by atoms with Gasteiger partial charge in [-0.3, -0.25) is 0 Å². The van der Waals surface area contributed by atoms with E-state index in [-0.39, 0.29) is 5.69 Å². The Balaban J connectivity index is 3.00. The van der Waals surface area contributed by atoms with Crippen LogP contribution in [0, 0.1) is 0 Å². The minimum atomic E-state index is -1.03. The predicted octanol–water partition coefficient (Wildman–Crippen LogP) is -0.112. The summed E-state index contributed by atoms with van der Waals surface area (Å²) in [6.07, 6.45) is 1.52. The minimum Gasteiger partial charge on any atom is -0.476 e. The van der Waals surface area contributed by atoms with Gasteiger partial charge in [0.1, 0.15) is 0 Å². The van der Waals surface area contributed by atoms with E-state index < -0.39 is 5.97 Å². The van der Waals surface area contributed by atoms with E-state index in [1.54, 1.807) is 4.68 Å². The van der Waals surface area contributed by atoms with E-state index in [0.717, 1.165) is 6.42 Å². The van der Waals surface area contributed by atoms with Crippen molar-refractivity contribution < 1.29 is 9.90 Å². The van der Waals surface area contributed by atoms with E-state index in [4.69, 9.17) is 10.8 Å². The smallest absolute Gasteiger partial charge is 0.358 e. The Kier molecular flexibility index (Phi) is 3.58. The lowest BCUT2D eigenvalue weighted by Gasteiger charge is -2.03. The van der Waals surface area contributed by atoms with Gasteiger partial charge in [0.15, 0.2) is 5.69 Å². The zero-order chi connectivity index (χ0) is 10.6. The maximum atomic E-state index is 10.8. The largest absolute Gasteiger partial charge is 0.476 e. The molecule has 0 bridgehead atoms. The van der Waals surface area contributed by atoms with Crippen LogP contribution in [0.2, 0.25) is 0 Å². The molecule has 0 aliphatic heterocycles. The highest BCUT2D eigenvalue weighted by Crippen LogP contribution is 2.08. The van der Waals surface area contributed by atoms with Crippen molar-refractivity contribution in [2.24, 2.45) is 5.73 Å². The van der Waals surface area contributed by atoms with Gasteiger partial charge in [0.25, 0.3) is 0 Å². The van der Waals surface area contributed by atoms with Crippen LogP contribution < -0.4 is 5.73 Å². The first-order chi connectivity index (χ1) is 6.70.